The topological polar surface area (TPSA) is 95.1 Å². The quantitative estimate of drug-likeness (QED) is 0.273. The Labute approximate surface area is 151 Å². The Hall–Kier alpha value is -1.42. The summed E-state index contributed by atoms with van der Waals surface area (Å²) in [6, 6.07) is 0.622. The normalized spacial score (nSPS) is 11.0. The molecule has 2 amide bonds. The van der Waals surface area contributed by atoms with E-state index in [1.54, 1.807) is 6.92 Å². The lowest BCUT2D eigenvalue weighted by Crippen LogP contribution is -2.46. The minimum atomic E-state index is -2.67. The molecule has 0 radical (unpaired) electrons. The predicted octanol–water partition coefficient (Wildman–Crippen LogP) is 1.84. The molecule has 0 aromatic rings. The molecule has 2 N–H and O–H groups in total. The first-order chi connectivity index (χ1) is 11.9. The first-order valence-corrected chi connectivity index (χ1v) is 10.6. The monoisotopic (exact) mass is 376 g/mol. The Morgan fingerprint density at radius 1 is 0.960 bits per heavy atom. The molecule has 0 unspecified atom stereocenters. The number of carbonyl (C=O) groups excluding carboxylic acids is 2. The molecule has 146 valence electrons. The zero-order valence-electron chi connectivity index (χ0n) is 15.8. The number of nitrogens with one attached hydrogen (secondary N) is 2. The van der Waals surface area contributed by atoms with Crippen molar-refractivity contribution in [1.82, 2.24) is 10.6 Å². The summed E-state index contributed by atoms with van der Waals surface area (Å²) in [5, 5.41) is 5.24. The Morgan fingerprint density at radius 3 is 2.00 bits per heavy atom. The standard InChI is InChI=1S/C16H32N2O6Si/c1-6-22-25(23-7-2,24-8-3)13-9-10-18-16(20)21-12-11-17-15(19)14(4)5/h4,6-13H2,1-3,5H3,(H,17,19)(H,18,20). The van der Waals surface area contributed by atoms with E-state index in [1.165, 1.54) is 0 Å². The molecule has 0 atom stereocenters. The van der Waals surface area contributed by atoms with E-state index in [1.807, 2.05) is 20.8 Å². The summed E-state index contributed by atoms with van der Waals surface area (Å²) in [5.41, 5.74) is 0.412. The van der Waals surface area contributed by atoms with Gasteiger partial charge < -0.3 is 28.6 Å². The molecular formula is C16H32N2O6Si. The lowest BCUT2D eigenvalue weighted by atomic mass is 10.3. The van der Waals surface area contributed by atoms with E-state index in [4.69, 9.17) is 18.0 Å². The van der Waals surface area contributed by atoms with Crippen molar-refractivity contribution >= 4 is 20.8 Å². The number of ether oxygens (including phenoxy) is 1. The van der Waals surface area contributed by atoms with Gasteiger partial charge in [0, 0.05) is 38.0 Å². The van der Waals surface area contributed by atoms with E-state index in [2.05, 4.69) is 17.2 Å². The van der Waals surface area contributed by atoms with E-state index >= 15 is 0 Å². The third-order valence-electron chi connectivity index (χ3n) is 3.03. The molecular weight excluding hydrogens is 344 g/mol. The van der Waals surface area contributed by atoms with E-state index in [0.717, 1.165) is 0 Å². The lowest BCUT2D eigenvalue weighted by Gasteiger charge is -2.28. The highest BCUT2D eigenvalue weighted by molar-refractivity contribution is 6.60. The van der Waals surface area contributed by atoms with Crippen LogP contribution in [0.25, 0.3) is 0 Å². The van der Waals surface area contributed by atoms with Crippen molar-refractivity contribution in [3.63, 3.8) is 0 Å². The maximum atomic E-state index is 11.6. The SMILES string of the molecule is C=C(C)C(=O)NCCOC(=O)NCCC[Si](OCC)(OCC)OCC. The van der Waals surface area contributed by atoms with Gasteiger partial charge in [-0.3, -0.25) is 4.79 Å². The fraction of sp³-hybridized carbons (Fsp3) is 0.750. The van der Waals surface area contributed by atoms with Crippen molar-refractivity contribution in [1.29, 1.82) is 0 Å². The van der Waals surface area contributed by atoms with Crippen molar-refractivity contribution in [3.8, 4) is 0 Å². The van der Waals surface area contributed by atoms with Crippen molar-refractivity contribution in [2.75, 3.05) is 39.5 Å². The summed E-state index contributed by atoms with van der Waals surface area (Å²) in [4.78, 5) is 22.8. The highest BCUT2D eigenvalue weighted by Crippen LogP contribution is 2.17. The van der Waals surface area contributed by atoms with Gasteiger partial charge in [0.15, 0.2) is 0 Å². The second-order valence-electron chi connectivity index (χ2n) is 5.18. The largest absolute Gasteiger partial charge is 0.500 e. The van der Waals surface area contributed by atoms with Gasteiger partial charge in [-0.05, 0) is 34.1 Å². The number of hydrogen-bond acceptors (Lipinski definition) is 6. The number of amides is 2. The minimum Gasteiger partial charge on any atom is -0.448 e. The molecule has 0 rings (SSSR count). The third-order valence-corrected chi connectivity index (χ3v) is 6.18. The molecule has 9 heteroatoms. The van der Waals surface area contributed by atoms with Gasteiger partial charge in [-0.25, -0.2) is 4.79 Å². The van der Waals surface area contributed by atoms with Gasteiger partial charge in [0.25, 0.3) is 0 Å². The van der Waals surface area contributed by atoms with Gasteiger partial charge >= 0.3 is 14.9 Å². The average Bonchev–Trinajstić information content (AvgIpc) is 2.56. The molecule has 0 bridgehead atoms. The maximum absolute atomic E-state index is 11.6. The van der Waals surface area contributed by atoms with Gasteiger partial charge in [0.05, 0.1) is 6.54 Å². The van der Waals surface area contributed by atoms with Crippen LogP contribution in [-0.2, 0) is 22.8 Å². The molecule has 0 aliphatic heterocycles. The Kier molecular flexibility index (Phi) is 13.0. The van der Waals surface area contributed by atoms with Crippen LogP contribution in [0.1, 0.15) is 34.1 Å². The summed E-state index contributed by atoms with van der Waals surface area (Å²) in [7, 11) is -2.67. The van der Waals surface area contributed by atoms with Crippen LogP contribution in [0, 0.1) is 0 Å². The maximum Gasteiger partial charge on any atom is 0.500 e. The molecule has 0 saturated heterocycles. The Balaban J connectivity index is 4.01. The molecule has 0 spiro atoms. The lowest BCUT2D eigenvalue weighted by molar-refractivity contribution is -0.117. The predicted molar refractivity (Wildman–Crippen MR) is 97.2 cm³/mol. The highest BCUT2D eigenvalue weighted by atomic mass is 28.4. The molecule has 0 heterocycles. The van der Waals surface area contributed by atoms with Crippen LogP contribution in [-0.4, -0.2) is 60.3 Å². The second-order valence-corrected chi connectivity index (χ2v) is 7.92. The second kappa shape index (κ2) is 13.8. The first-order valence-electron chi connectivity index (χ1n) is 8.66. The average molecular weight is 377 g/mol. The van der Waals surface area contributed by atoms with Crippen LogP contribution in [0.3, 0.4) is 0 Å². The van der Waals surface area contributed by atoms with Gasteiger partial charge in [-0.1, -0.05) is 6.58 Å². The zero-order valence-corrected chi connectivity index (χ0v) is 16.8. The Morgan fingerprint density at radius 2 is 1.52 bits per heavy atom. The van der Waals surface area contributed by atoms with Crippen LogP contribution in [0.4, 0.5) is 4.79 Å². The highest BCUT2D eigenvalue weighted by Gasteiger charge is 2.39. The third kappa shape index (κ3) is 10.9. The minimum absolute atomic E-state index is 0.0976. The number of hydrogen-bond donors (Lipinski definition) is 2. The van der Waals surface area contributed by atoms with Crippen LogP contribution >= 0.6 is 0 Å². The molecule has 0 saturated carbocycles. The van der Waals surface area contributed by atoms with Crippen molar-refractivity contribution < 1.29 is 27.6 Å². The molecule has 0 fully saturated rings. The van der Waals surface area contributed by atoms with E-state index in [9.17, 15) is 9.59 Å². The van der Waals surface area contributed by atoms with Crippen molar-refractivity contribution in [2.45, 2.75) is 40.2 Å². The van der Waals surface area contributed by atoms with Crippen molar-refractivity contribution in [2.24, 2.45) is 0 Å². The molecule has 0 aromatic carbocycles. The molecule has 0 aliphatic carbocycles. The summed E-state index contributed by atoms with van der Waals surface area (Å²) >= 11 is 0. The zero-order chi connectivity index (χ0) is 19.1. The molecule has 8 nitrogen and oxygen atoms in total. The van der Waals surface area contributed by atoms with Crippen LogP contribution in [0.5, 0.6) is 0 Å². The molecule has 25 heavy (non-hydrogen) atoms. The van der Waals surface area contributed by atoms with E-state index < -0.39 is 14.9 Å². The summed E-state index contributed by atoms with van der Waals surface area (Å²) in [6.45, 7) is 13.2. The number of rotatable bonds is 14. The molecule has 0 aromatic heterocycles. The van der Waals surface area contributed by atoms with E-state index in [-0.39, 0.29) is 19.1 Å². The van der Waals surface area contributed by atoms with Crippen LogP contribution in [0.2, 0.25) is 6.04 Å². The first kappa shape index (κ1) is 23.6. The summed E-state index contributed by atoms with van der Waals surface area (Å²) in [6.07, 6.45) is 0.134. The summed E-state index contributed by atoms with van der Waals surface area (Å²) < 4.78 is 22.2. The van der Waals surface area contributed by atoms with Gasteiger partial charge in [0.1, 0.15) is 6.61 Å². The van der Waals surface area contributed by atoms with Gasteiger partial charge in [-0.2, -0.15) is 0 Å². The van der Waals surface area contributed by atoms with Gasteiger partial charge in [-0.15, -0.1) is 0 Å². The molecule has 0 aliphatic rings. The van der Waals surface area contributed by atoms with Crippen molar-refractivity contribution in [3.05, 3.63) is 12.2 Å². The smallest absolute Gasteiger partial charge is 0.448 e. The van der Waals surface area contributed by atoms with Crippen LogP contribution < -0.4 is 10.6 Å². The summed E-state index contributed by atoms with van der Waals surface area (Å²) in [5.74, 6) is -0.256. The van der Waals surface area contributed by atoms with Crippen LogP contribution in [0.15, 0.2) is 12.2 Å². The van der Waals surface area contributed by atoms with Gasteiger partial charge in [0.2, 0.25) is 5.91 Å². The number of alkyl carbamates (subject to hydrolysis) is 1. The Bertz CT molecular complexity index is 402. The fourth-order valence-corrected chi connectivity index (χ4v) is 4.62. The fourth-order valence-electron chi connectivity index (χ4n) is 2.01. The van der Waals surface area contributed by atoms with E-state index in [0.29, 0.717) is 44.4 Å². The number of carbonyl (C=O) groups is 2.